The number of aromatic nitrogens is 2. The van der Waals surface area contributed by atoms with Crippen LogP contribution in [0, 0.1) is 5.92 Å². The molecule has 2 saturated heterocycles. The molecule has 2 aliphatic rings. The third-order valence-corrected chi connectivity index (χ3v) is 5.51. The van der Waals surface area contributed by atoms with E-state index in [2.05, 4.69) is 15.6 Å². The van der Waals surface area contributed by atoms with Gasteiger partial charge in [-0.3, -0.25) is 16.4 Å². The first-order valence-electron chi connectivity index (χ1n) is 6.71. The van der Waals surface area contributed by atoms with Crippen molar-refractivity contribution >= 4 is 17.6 Å². The van der Waals surface area contributed by atoms with Gasteiger partial charge in [0.15, 0.2) is 0 Å². The van der Waals surface area contributed by atoms with Gasteiger partial charge in [-0.15, -0.1) is 0 Å². The molecule has 0 bridgehead atoms. The summed E-state index contributed by atoms with van der Waals surface area (Å²) in [7, 11) is 0. The van der Waals surface area contributed by atoms with Gasteiger partial charge >= 0.3 is 0 Å². The lowest BCUT2D eigenvalue weighted by molar-refractivity contribution is -0.0854. The number of thioether (sulfide) groups is 1. The average Bonchev–Trinajstić information content (AvgIpc) is 3.02. The maximum Gasteiger partial charge on any atom is 0.123 e. The highest BCUT2D eigenvalue weighted by atomic mass is 32.2. The zero-order valence-corrected chi connectivity index (χ0v) is 11.7. The second-order valence-electron chi connectivity index (χ2n) is 5.47. The van der Waals surface area contributed by atoms with Crippen LogP contribution in [0.25, 0.3) is 0 Å². The second kappa shape index (κ2) is 5.32. The minimum atomic E-state index is 0.0464. The molecular weight excluding hydrogens is 262 g/mol. The molecule has 3 heterocycles. The summed E-state index contributed by atoms with van der Waals surface area (Å²) >= 11 is 1.98. The normalized spacial score (nSPS) is 32.8. The van der Waals surface area contributed by atoms with E-state index in [9.17, 15) is 0 Å². The van der Waals surface area contributed by atoms with Crippen LogP contribution in [-0.2, 0) is 4.74 Å². The Morgan fingerprint density at radius 3 is 3.16 bits per heavy atom. The lowest BCUT2D eigenvalue weighted by atomic mass is 9.79. The molecule has 19 heavy (non-hydrogen) atoms. The van der Waals surface area contributed by atoms with Crippen LogP contribution < -0.4 is 17.0 Å². The van der Waals surface area contributed by atoms with E-state index in [0.29, 0.717) is 11.7 Å². The Hall–Kier alpha value is -0.760. The zero-order chi connectivity index (χ0) is 13.3. The van der Waals surface area contributed by atoms with Gasteiger partial charge in [0.2, 0.25) is 0 Å². The van der Waals surface area contributed by atoms with Crippen LogP contribution in [0.2, 0.25) is 0 Å². The number of H-pyrrole nitrogens is 1. The summed E-state index contributed by atoms with van der Waals surface area (Å²) in [6.07, 6.45) is 4.96. The molecule has 6 N–H and O–H groups in total. The number of hydrazine groups is 1. The molecule has 7 heteroatoms. The van der Waals surface area contributed by atoms with Crippen LogP contribution in [0.1, 0.15) is 30.9 Å². The highest BCUT2D eigenvalue weighted by Gasteiger charge is 2.43. The summed E-state index contributed by atoms with van der Waals surface area (Å²) < 4.78 is 6.05. The quantitative estimate of drug-likeness (QED) is 0.483. The Balaban J connectivity index is 1.78. The number of rotatable bonds is 3. The number of nitrogen functional groups attached to an aromatic ring is 1. The first-order chi connectivity index (χ1) is 9.24. The van der Waals surface area contributed by atoms with Gasteiger partial charge in [0.05, 0.1) is 17.8 Å². The van der Waals surface area contributed by atoms with Crippen LogP contribution in [0.5, 0.6) is 0 Å². The number of aromatic amines is 1. The van der Waals surface area contributed by atoms with E-state index in [1.165, 1.54) is 5.75 Å². The topological polar surface area (TPSA) is 102 Å². The number of anilines is 1. The number of nitrogens with two attached hydrogens (primary N) is 2. The van der Waals surface area contributed by atoms with Crippen LogP contribution in [0.3, 0.4) is 0 Å². The van der Waals surface area contributed by atoms with E-state index in [4.69, 9.17) is 16.3 Å². The van der Waals surface area contributed by atoms with Crippen molar-refractivity contribution in [2.45, 2.75) is 30.9 Å². The van der Waals surface area contributed by atoms with Crippen molar-refractivity contribution in [1.29, 1.82) is 0 Å². The summed E-state index contributed by atoms with van der Waals surface area (Å²) in [5.74, 6) is 9.10. The fourth-order valence-electron chi connectivity index (χ4n) is 3.25. The number of hydrogen-bond acceptors (Lipinski definition) is 6. The predicted octanol–water partition coefficient (Wildman–Crippen LogP) is 0.799. The molecule has 1 aromatic rings. The van der Waals surface area contributed by atoms with Crippen molar-refractivity contribution < 1.29 is 4.74 Å². The number of nitrogens with zero attached hydrogens (tertiary/aromatic N) is 1. The Kier molecular flexibility index (Phi) is 3.70. The van der Waals surface area contributed by atoms with Gasteiger partial charge in [0.1, 0.15) is 5.82 Å². The lowest BCUT2D eigenvalue weighted by Gasteiger charge is -2.40. The summed E-state index contributed by atoms with van der Waals surface area (Å²) in [6.45, 7) is 0.807. The molecule has 0 aliphatic carbocycles. The Bertz CT molecular complexity index is 432. The molecule has 3 rings (SSSR count). The van der Waals surface area contributed by atoms with Crippen LogP contribution in [0.4, 0.5) is 5.82 Å². The predicted molar refractivity (Wildman–Crippen MR) is 76.4 cm³/mol. The third kappa shape index (κ3) is 2.47. The highest BCUT2D eigenvalue weighted by Crippen LogP contribution is 2.44. The van der Waals surface area contributed by atoms with Gasteiger partial charge in [-0.1, -0.05) is 0 Å². The molecule has 0 amide bonds. The van der Waals surface area contributed by atoms with Gasteiger partial charge < -0.3 is 10.5 Å². The van der Waals surface area contributed by atoms with E-state index >= 15 is 0 Å². The molecule has 6 nitrogen and oxygen atoms in total. The molecule has 1 spiro atoms. The van der Waals surface area contributed by atoms with Crippen molar-refractivity contribution in [3.05, 3.63) is 11.8 Å². The largest absolute Gasteiger partial charge is 0.384 e. The van der Waals surface area contributed by atoms with Crippen molar-refractivity contribution in [2.24, 2.45) is 11.8 Å². The van der Waals surface area contributed by atoms with Gasteiger partial charge in [-0.05, 0) is 30.9 Å². The van der Waals surface area contributed by atoms with Gasteiger partial charge in [0, 0.05) is 17.9 Å². The SMILES string of the molecule is NNC(c1cn[nH]c1N)C1CCOC2(CCSC2)C1. The standard InChI is InChI=1S/C12H21N5OS/c13-11-9(6-15-17-11)10(16-14)8-1-3-18-12(5-8)2-4-19-7-12/h6,8,10,16H,1-5,7,14H2,(H3,13,15,17). The molecule has 2 fully saturated rings. The summed E-state index contributed by atoms with van der Waals surface area (Å²) in [5, 5.41) is 6.77. The molecule has 0 saturated carbocycles. The fraction of sp³-hybridized carbons (Fsp3) is 0.750. The van der Waals surface area contributed by atoms with Crippen molar-refractivity contribution in [2.75, 3.05) is 23.8 Å². The Labute approximate surface area is 117 Å². The van der Waals surface area contributed by atoms with Gasteiger partial charge in [-0.25, -0.2) is 0 Å². The number of ether oxygens (including phenoxy) is 1. The van der Waals surface area contributed by atoms with E-state index < -0.39 is 0 Å². The Morgan fingerprint density at radius 1 is 1.63 bits per heavy atom. The van der Waals surface area contributed by atoms with E-state index in [0.717, 1.165) is 37.2 Å². The first kappa shape index (κ1) is 13.2. The lowest BCUT2D eigenvalue weighted by Crippen LogP contribution is -2.45. The number of nitrogens with one attached hydrogen (secondary N) is 2. The van der Waals surface area contributed by atoms with Crippen LogP contribution >= 0.6 is 11.8 Å². The summed E-state index contributed by atoms with van der Waals surface area (Å²) in [4.78, 5) is 0. The van der Waals surface area contributed by atoms with Gasteiger partial charge in [-0.2, -0.15) is 16.9 Å². The van der Waals surface area contributed by atoms with E-state index in [1.54, 1.807) is 6.20 Å². The summed E-state index contributed by atoms with van der Waals surface area (Å²) in [6, 6.07) is 0.0464. The average molecular weight is 283 g/mol. The smallest absolute Gasteiger partial charge is 0.123 e. The minimum absolute atomic E-state index is 0.0464. The van der Waals surface area contributed by atoms with Crippen molar-refractivity contribution in [3.63, 3.8) is 0 Å². The maximum absolute atomic E-state index is 6.05. The zero-order valence-electron chi connectivity index (χ0n) is 10.9. The van der Waals surface area contributed by atoms with E-state index in [1.807, 2.05) is 11.8 Å². The highest BCUT2D eigenvalue weighted by molar-refractivity contribution is 7.99. The van der Waals surface area contributed by atoms with E-state index in [-0.39, 0.29) is 11.6 Å². The molecule has 0 aromatic carbocycles. The fourth-order valence-corrected chi connectivity index (χ4v) is 4.62. The minimum Gasteiger partial charge on any atom is -0.384 e. The molecule has 3 unspecified atom stereocenters. The van der Waals surface area contributed by atoms with Crippen molar-refractivity contribution in [1.82, 2.24) is 15.6 Å². The van der Waals surface area contributed by atoms with Crippen molar-refractivity contribution in [3.8, 4) is 0 Å². The molecular formula is C12H21N5OS. The van der Waals surface area contributed by atoms with Gasteiger partial charge in [0.25, 0.3) is 0 Å². The number of hydrogen-bond donors (Lipinski definition) is 4. The molecule has 3 atom stereocenters. The second-order valence-corrected chi connectivity index (χ2v) is 6.58. The molecule has 0 radical (unpaired) electrons. The molecule has 106 valence electrons. The first-order valence-corrected chi connectivity index (χ1v) is 7.86. The Morgan fingerprint density at radius 2 is 2.53 bits per heavy atom. The monoisotopic (exact) mass is 283 g/mol. The third-order valence-electron chi connectivity index (χ3n) is 4.28. The summed E-state index contributed by atoms with van der Waals surface area (Å²) in [5.41, 5.74) is 9.86. The molecule has 2 aliphatic heterocycles. The molecule has 1 aromatic heterocycles. The van der Waals surface area contributed by atoms with Crippen LogP contribution in [0.15, 0.2) is 6.20 Å². The van der Waals surface area contributed by atoms with Crippen LogP contribution in [-0.4, -0.2) is 33.9 Å². The maximum atomic E-state index is 6.05.